The van der Waals surface area contributed by atoms with Gasteiger partial charge in [0.15, 0.2) is 0 Å². The molecule has 6 unspecified atom stereocenters. The molecule has 3 rings (SSSR count). The van der Waals surface area contributed by atoms with E-state index in [2.05, 4.69) is 30.7 Å². The predicted octanol–water partition coefficient (Wildman–Crippen LogP) is 3.69. The lowest BCUT2D eigenvalue weighted by Crippen LogP contribution is -2.46. The molecule has 3 saturated carbocycles. The molecule has 0 bridgehead atoms. The monoisotopic (exact) mass is 353 g/mol. The van der Waals surface area contributed by atoms with E-state index in [9.17, 15) is 10.2 Å². The van der Waals surface area contributed by atoms with Gasteiger partial charge in [0.2, 0.25) is 0 Å². The Hall–Kier alpha value is -0.420. The van der Waals surface area contributed by atoms with Crippen LogP contribution in [0.2, 0.25) is 0 Å². The largest absolute Gasteiger partial charge is 0.396 e. The van der Waals surface area contributed by atoms with Crippen LogP contribution in [0.5, 0.6) is 0 Å². The molecule has 3 N–H and O–H groups in total. The fraction of sp³-hybridized carbons (Fsp3) is 0.905. The van der Waals surface area contributed by atoms with Gasteiger partial charge in [-0.25, -0.2) is 5.48 Å². The maximum Gasteiger partial charge on any atom is 0.0572 e. The minimum absolute atomic E-state index is 0.199. The van der Waals surface area contributed by atoms with Gasteiger partial charge in [0.05, 0.1) is 13.2 Å². The zero-order valence-electron chi connectivity index (χ0n) is 16.7. The number of hydrogen-bond donors (Lipinski definition) is 3. The lowest BCUT2D eigenvalue weighted by Gasteiger charge is -2.52. The highest BCUT2D eigenvalue weighted by Gasteiger charge is 2.51. The summed E-state index contributed by atoms with van der Waals surface area (Å²) in [6.07, 6.45) is 8.96. The van der Waals surface area contributed by atoms with Crippen LogP contribution in [-0.2, 0) is 4.84 Å². The Morgan fingerprint density at radius 3 is 2.44 bits per heavy atom. The van der Waals surface area contributed by atoms with Crippen molar-refractivity contribution in [1.29, 1.82) is 0 Å². The minimum atomic E-state index is -0.199. The second-order valence-corrected chi connectivity index (χ2v) is 8.95. The van der Waals surface area contributed by atoms with Gasteiger partial charge in [0.1, 0.15) is 0 Å². The summed E-state index contributed by atoms with van der Waals surface area (Å²) in [4.78, 5) is 4.29. The van der Waals surface area contributed by atoms with Gasteiger partial charge in [-0.05, 0) is 80.0 Å². The molecule has 0 aromatic rings. The van der Waals surface area contributed by atoms with Crippen molar-refractivity contribution in [3.63, 3.8) is 0 Å². The molecule has 0 heterocycles. The molecule has 6 atom stereocenters. The minimum Gasteiger partial charge on any atom is -0.396 e. The first kappa shape index (κ1) is 20.9. The first-order valence-corrected chi connectivity index (χ1v) is 9.98. The Labute approximate surface area is 154 Å². The van der Waals surface area contributed by atoms with Crippen molar-refractivity contribution in [2.24, 2.45) is 28.6 Å². The van der Waals surface area contributed by atoms with E-state index >= 15 is 0 Å². The van der Waals surface area contributed by atoms with Crippen LogP contribution in [0.4, 0.5) is 0 Å². The van der Waals surface area contributed by atoms with Crippen molar-refractivity contribution in [3.8, 4) is 0 Å². The highest BCUT2D eigenvalue weighted by Crippen LogP contribution is 2.61. The van der Waals surface area contributed by atoms with E-state index in [1.165, 1.54) is 37.7 Å². The predicted molar refractivity (Wildman–Crippen MR) is 102 cm³/mol. The van der Waals surface area contributed by atoms with Crippen molar-refractivity contribution in [2.75, 3.05) is 20.8 Å². The first-order valence-electron chi connectivity index (χ1n) is 9.98. The topological polar surface area (TPSA) is 61.7 Å². The first-order chi connectivity index (χ1) is 11.8. The number of fused-ring (bicyclic) bond motifs is 1. The molecular weight excluding hydrogens is 314 g/mol. The van der Waals surface area contributed by atoms with Crippen molar-refractivity contribution in [1.82, 2.24) is 5.48 Å². The molecule has 0 saturated heterocycles. The molecule has 3 fully saturated rings. The average Bonchev–Trinajstić information content (AvgIpc) is 2.91. The zero-order valence-corrected chi connectivity index (χ0v) is 16.7. The Balaban J connectivity index is 0.000000511. The van der Waals surface area contributed by atoms with Gasteiger partial charge in [-0.1, -0.05) is 26.0 Å². The van der Waals surface area contributed by atoms with Crippen LogP contribution in [0.25, 0.3) is 0 Å². The number of hydroxylamine groups is 1. The Kier molecular flexibility index (Phi) is 7.11. The summed E-state index contributed by atoms with van der Waals surface area (Å²) >= 11 is 0. The molecule has 4 nitrogen and oxygen atoms in total. The maximum atomic E-state index is 9.94. The smallest absolute Gasteiger partial charge is 0.0572 e. The molecule has 3 aliphatic rings. The van der Waals surface area contributed by atoms with Crippen LogP contribution >= 0.6 is 0 Å². The Bertz CT molecular complexity index is 452. The van der Waals surface area contributed by atoms with E-state index in [0.717, 1.165) is 25.2 Å². The Morgan fingerprint density at radius 1 is 1.16 bits per heavy atom. The molecule has 146 valence electrons. The fourth-order valence-corrected chi connectivity index (χ4v) is 5.75. The molecule has 0 radical (unpaired) electrons. The summed E-state index contributed by atoms with van der Waals surface area (Å²) in [5.41, 5.74) is 4.52. The number of rotatable bonds is 3. The summed E-state index contributed by atoms with van der Waals surface area (Å²) in [7, 11) is 3.28. The molecule has 3 aliphatic carbocycles. The van der Waals surface area contributed by atoms with Crippen LogP contribution in [0.1, 0.15) is 65.2 Å². The van der Waals surface area contributed by atoms with E-state index in [0.29, 0.717) is 11.3 Å². The van der Waals surface area contributed by atoms with Crippen molar-refractivity contribution < 1.29 is 15.1 Å². The van der Waals surface area contributed by atoms with Crippen molar-refractivity contribution >= 4 is 0 Å². The summed E-state index contributed by atoms with van der Waals surface area (Å²) in [6, 6.07) is 0. The second-order valence-electron chi connectivity index (χ2n) is 8.95. The molecule has 25 heavy (non-hydrogen) atoms. The molecular formula is C21H39NO3. The lowest BCUT2D eigenvalue weighted by atomic mass is 9.53. The quantitative estimate of drug-likeness (QED) is 0.535. The average molecular weight is 354 g/mol. The Morgan fingerprint density at radius 2 is 1.84 bits per heavy atom. The summed E-state index contributed by atoms with van der Waals surface area (Å²) in [5.74, 6) is 1.79. The van der Waals surface area contributed by atoms with Gasteiger partial charge in [-0.15, -0.1) is 0 Å². The third kappa shape index (κ3) is 4.13. The van der Waals surface area contributed by atoms with Crippen LogP contribution in [0.3, 0.4) is 0 Å². The fourth-order valence-electron chi connectivity index (χ4n) is 5.75. The van der Waals surface area contributed by atoms with Crippen LogP contribution < -0.4 is 5.48 Å². The third-order valence-corrected chi connectivity index (χ3v) is 7.95. The summed E-state index contributed by atoms with van der Waals surface area (Å²) in [6.45, 7) is 9.38. The van der Waals surface area contributed by atoms with Gasteiger partial charge in [-0.2, -0.15) is 0 Å². The molecule has 0 amide bonds. The van der Waals surface area contributed by atoms with E-state index in [1.807, 2.05) is 0 Å². The second kappa shape index (κ2) is 8.51. The molecule has 0 spiro atoms. The van der Waals surface area contributed by atoms with Gasteiger partial charge in [0, 0.05) is 13.7 Å². The SMILES string of the molecule is C=C1CCC2CC(C3(C)CCC(O)CC3CO)CCC12C.CNOC. The summed E-state index contributed by atoms with van der Waals surface area (Å²) in [5, 5.41) is 19.8. The maximum absolute atomic E-state index is 9.94. The van der Waals surface area contributed by atoms with Gasteiger partial charge >= 0.3 is 0 Å². The molecule has 4 heteroatoms. The summed E-state index contributed by atoms with van der Waals surface area (Å²) < 4.78 is 0. The number of aliphatic hydroxyl groups excluding tert-OH is 2. The molecule has 0 aliphatic heterocycles. The standard InChI is InChI=1S/C19H32O2.C2H7NO/c1-13-4-5-14-10-15(6-8-18(13,14)2)19(3)9-7-17(21)11-16(19)12-20;1-3-4-2/h14-17,20-21H,1,4-12H2,2-3H3;3H,1-2H3. The number of allylic oxidation sites excluding steroid dienone is 1. The van der Waals surface area contributed by atoms with E-state index in [4.69, 9.17) is 0 Å². The van der Waals surface area contributed by atoms with Crippen molar-refractivity contribution in [3.05, 3.63) is 12.2 Å². The number of nitrogens with one attached hydrogen (secondary N) is 1. The highest BCUT2D eigenvalue weighted by atomic mass is 16.6. The highest BCUT2D eigenvalue weighted by molar-refractivity contribution is 5.19. The van der Waals surface area contributed by atoms with Crippen LogP contribution in [-0.4, -0.2) is 37.1 Å². The van der Waals surface area contributed by atoms with E-state index < -0.39 is 0 Å². The third-order valence-electron chi connectivity index (χ3n) is 7.95. The van der Waals surface area contributed by atoms with E-state index in [-0.39, 0.29) is 24.0 Å². The van der Waals surface area contributed by atoms with Crippen LogP contribution in [0.15, 0.2) is 12.2 Å². The van der Waals surface area contributed by atoms with E-state index in [1.54, 1.807) is 14.2 Å². The zero-order chi connectivity index (χ0) is 18.7. The van der Waals surface area contributed by atoms with Gasteiger partial charge in [0.25, 0.3) is 0 Å². The number of aliphatic hydroxyl groups is 2. The van der Waals surface area contributed by atoms with Gasteiger partial charge < -0.3 is 15.1 Å². The van der Waals surface area contributed by atoms with Crippen molar-refractivity contribution in [2.45, 2.75) is 71.3 Å². The molecule has 0 aromatic carbocycles. The molecule has 0 aromatic heterocycles. The lowest BCUT2D eigenvalue weighted by molar-refractivity contribution is -0.0661. The van der Waals surface area contributed by atoms with Gasteiger partial charge in [-0.3, -0.25) is 0 Å². The number of hydrogen-bond acceptors (Lipinski definition) is 4. The van der Waals surface area contributed by atoms with Crippen LogP contribution in [0, 0.1) is 28.6 Å². The normalized spacial score (nSPS) is 44.0.